The van der Waals surface area contributed by atoms with Crippen LogP contribution in [0.5, 0.6) is 0 Å². The van der Waals surface area contributed by atoms with Gasteiger partial charge >= 0.3 is 12.0 Å². The molecule has 3 N–H and O–H groups in total. The number of nitrogens with one attached hydrogen (secondary N) is 2. The first-order valence-electron chi connectivity index (χ1n) is 5.83. The maximum atomic E-state index is 11.6. The van der Waals surface area contributed by atoms with Crippen molar-refractivity contribution in [3.63, 3.8) is 0 Å². The third kappa shape index (κ3) is 3.67. The van der Waals surface area contributed by atoms with Crippen LogP contribution in [0.1, 0.15) is 12.8 Å². The summed E-state index contributed by atoms with van der Waals surface area (Å²) in [7, 11) is 0. The van der Waals surface area contributed by atoms with E-state index in [4.69, 9.17) is 5.11 Å². The Kier molecular flexibility index (Phi) is 4.51. The molecule has 0 unspecified atom stereocenters. The maximum Gasteiger partial charge on any atom is 0.321 e. The molecule has 2 amide bonds. The molecular formula is C11H12BrN5O3. The number of aliphatic carboxylic acids is 1. The van der Waals surface area contributed by atoms with Crippen molar-refractivity contribution in [3.05, 3.63) is 22.8 Å². The molecule has 0 saturated heterocycles. The molecule has 0 saturated carbocycles. The normalized spacial score (nSPS) is 10.4. The number of fused-ring (bicyclic) bond motifs is 1. The third-order valence-corrected chi connectivity index (χ3v) is 2.91. The third-order valence-electron chi connectivity index (χ3n) is 2.44. The minimum atomic E-state index is -0.888. The summed E-state index contributed by atoms with van der Waals surface area (Å²) in [5.41, 5.74) is 0.606. The Labute approximate surface area is 122 Å². The van der Waals surface area contributed by atoms with E-state index in [0.29, 0.717) is 12.1 Å². The fraction of sp³-hybridized carbons (Fsp3) is 0.273. The van der Waals surface area contributed by atoms with E-state index in [2.05, 4.69) is 36.8 Å². The number of carbonyl (C=O) groups excluding carboxylic acids is 1. The van der Waals surface area contributed by atoms with Gasteiger partial charge in [0.2, 0.25) is 5.95 Å². The standard InChI is InChI=1S/C11H12BrN5O3/c12-7-3-4-8-15-16-10(17(8)6-7)14-11(20)13-5-1-2-9(18)19/h3-4,6H,1-2,5H2,(H,18,19)(H2,13,14,16,20). The Morgan fingerprint density at radius 1 is 1.35 bits per heavy atom. The summed E-state index contributed by atoms with van der Waals surface area (Å²) in [6.45, 7) is 0.276. The molecular weight excluding hydrogens is 330 g/mol. The monoisotopic (exact) mass is 341 g/mol. The van der Waals surface area contributed by atoms with Crippen molar-refractivity contribution in [2.24, 2.45) is 0 Å². The number of urea groups is 1. The Morgan fingerprint density at radius 3 is 2.90 bits per heavy atom. The molecule has 106 valence electrons. The van der Waals surface area contributed by atoms with Crippen LogP contribution in [0.2, 0.25) is 0 Å². The van der Waals surface area contributed by atoms with E-state index in [1.807, 2.05) is 6.07 Å². The van der Waals surface area contributed by atoms with Crippen LogP contribution in [-0.4, -0.2) is 38.2 Å². The topological polar surface area (TPSA) is 109 Å². The summed E-state index contributed by atoms with van der Waals surface area (Å²) < 4.78 is 2.45. The summed E-state index contributed by atoms with van der Waals surface area (Å²) in [5.74, 6) is -0.599. The first kappa shape index (κ1) is 14.3. The molecule has 0 spiro atoms. The number of rotatable bonds is 5. The number of pyridine rings is 1. The van der Waals surface area contributed by atoms with Gasteiger partial charge in [0.05, 0.1) is 0 Å². The smallest absolute Gasteiger partial charge is 0.321 e. The van der Waals surface area contributed by atoms with Gasteiger partial charge in [0.1, 0.15) is 0 Å². The molecule has 2 aromatic heterocycles. The molecule has 0 atom stereocenters. The van der Waals surface area contributed by atoms with E-state index < -0.39 is 12.0 Å². The lowest BCUT2D eigenvalue weighted by molar-refractivity contribution is -0.137. The molecule has 8 nitrogen and oxygen atoms in total. The van der Waals surface area contributed by atoms with Gasteiger partial charge in [-0.25, -0.2) is 4.79 Å². The number of carboxylic acids is 1. The van der Waals surface area contributed by atoms with Crippen molar-refractivity contribution in [3.8, 4) is 0 Å². The number of amides is 2. The van der Waals surface area contributed by atoms with E-state index in [1.165, 1.54) is 0 Å². The van der Waals surface area contributed by atoms with Gasteiger partial charge in [-0.05, 0) is 34.5 Å². The summed E-state index contributed by atoms with van der Waals surface area (Å²) in [4.78, 5) is 21.9. The van der Waals surface area contributed by atoms with Crippen LogP contribution in [0.25, 0.3) is 5.65 Å². The highest BCUT2D eigenvalue weighted by Crippen LogP contribution is 2.14. The van der Waals surface area contributed by atoms with Gasteiger partial charge in [0, 0.05) is 23.6 Å². The SMILES string of the molecule is O=C(O)CCCNC(=O)Nc1nnc2ccc(Br)cn12. The van der Waals surface area contributed by atoms with Crippen LogP contribution in [0.15, 0.2) is 22.8 Å². The quantitative estimate of drug-likeness (QED) is 0.713. The Hall–Kier alpha value is -2.16. The molecule has 2 rings (SSSR count). The van der Waals surface area contributed by atoms with Gasteiger partial charge < -0.3 is 10.4 Å². The number of hydrogen-bond acceptors (Lipinski definition) is 4. The van der Waals surface area contributed by atoms with Gasteiger partial charge in [-0.1, -0.05) is 0 Å². The number of carboxylic acid groups (broad SMARTS) is 1. The average molecular weight is 342 g/mol. The van der Waals surface area contributed by atoms with E-state index in [1.54, 1.807) is 16.7 Å². The van der Waals surface area contributed by atoms with Crippen molar-refractivity contribution in [2.45, 2.75) is 12.8 Å². The molecule has 2 heterocycles. The molecule has 0 bridgehead atoms. The number of hydrogen-bond donors (Lipinski definition) is 3. The zero-order valence-electron chi connectivity index (χ0n) is 10.3. The molecule has 0 aliphatic carbocycles. The van der Waals surface area contributed by atoms with Gasteiger partial charge in [-0.15, -0.1) is 10.2 Å². The Morgan fingerprint density at radius 2 is 2.15 bits per heavy atom. The first-order valence-corrected chi connectivity index (χ1v) is 6.62. The lowest BCUT2D eigenvalue weighted by Gasteiger charge is -2.05. The minimum Gasteiger partial charge on any atom is -0.481 e. The zero-order valence-corrected chi connectivity index (χ0v) is 11.9. The number of nitrogens with zero attached hydrogens (tertiary/aromatic N) is 3. The predicted molar refractivity (Wildman–Crippen MR) is 74.6 cm³/mol. The predicted octanol–water partition coefficient (Wildman–Crippen LogP) is 1.48. The summed E-state index contributed by atoms with van der Waals surface area (Å²) in [5, 5.41) is 21.3. The van der Waals surface area contributed by atoms with Crippen LogP contribution < -0.4 is 10.6 Å². The zero-order chi connectivity index (χ0) is 14.5. The summed E-state index contributed by atoms with van der Waals surface area (Å²) >= 11 is 3.32. The first-order chi connectivity index (χ1) is 9.56. The van der Waals surface area contributed by atoms with Crippen molar-refractivity contribution < 1.29 is 14.7 Å². The number of halogens is 1. The Bertz CT molecular complexity index is 642. The molecule has 20 heavy (non-hydrogen) atoms. The van der Waals surface area contributed by atoms with Gasteiger partial charge in [-0.3, -0.25) is 14.5 Å². The molecule has 0 radical (unpaired) electrons. The molecule has 2 aromatic rings. The van der Waals surface area contributed by atoms with Crippen LogP contribution in [0, 0.1) is 0 Å². The average Bonchev–Trinajstić information content (AvgIpc) is 2.77. The molecule has 0 fully saturated rings. The highest BCUT2D eigenvalue weighted by Gasteiger charge is 2.09. The van der Waals surface area contributed by atoms with Gasteiger partial charge in [-0.2, -0.15) is 0 Å². The van der Waals surface area contributed by atoms with Crippen LogP contribution in [0.4, 0.5) is 10.7 Å². The lowest BCUT2D eigenvalue weighted by Crippen LogP contribution is -2.30. The number of aromatic nitrogens is 3. The van der Waals surface area contributed by atoms with E-state index in [9.17, 15) is 9.59 Å². The lowest BCUT2D eigenvalue weighted by atomic mass is 10.3. The fourth-order valence-electron chi connectivity index (χ4n) is 1.54. The molecule has 0 aliphatic heterocycles. The van der Waals surface area contributed by atoms with Gasteiger partial charge in [0.15, 0.2) is 5.65 Å². The second-order valence-corrected chi connectivity index (χ2v) is 4.89. The minimum absolute atomic E-state index is 0.0150. The second-order valence-electron chi connectivity index (χ2n) is 3.98. The Balaban J connectivity index is 1.93. The van der Waals surface area contributed by atoms with Gasteiger partial charge in [0.25, 0.3) is 0 Å². The van der Waals surface area contributed by atoms with Crippen LogP contribution in [0.3, 0.4) is 0 Å². The maximum absolute atomic E-state index is 11.6. The highest BCUT2D eigenvalue weighted by molar-refractivity contribution is 9.10. The van der Waals surface area contributed by atoms with E-state index >= 15 is 0 Å². The fourth-order valence-corrected chi connectivity index (χ4v) is 1.87. The van der Waals surface area contributed by atoms with Crippen molar-refractivity contribution >= 4 is 39.5 Å². The summed E-state index contributed by atoms with van der Waals surface area (Å²) in [6.07, 6.45) is 2.12. The highest BCUT2D eigenvalue weighted by atomic mass is 79.9. The van der Waals surface area contributed by atoms with Crippen molar-refractivity contribution in [2.75, 3.05) is 11.9 Å². The van der Waals surface area contributed by atoms with Crippen molar-refractivity contribution in [1.82, 2.24) is 19.9 Å². The second kappa shape index (κ2) is 6.33. The van der Waals surface area contributed by atoms with E-state index in [0.717, 1.165) is 4.47 Å². The summed E-state index contributed by atoms with van der Waals surface area (Å²) in [6, 6.07) is 3.12. The molecule has 0 aliphatic rings. The van der Waals surface area contributed by atoms with Crippen LogP contribution in [-0.2, 0) is 4.79 Å². The van der Waals surface area contributed by atoms with E-state index in [-0.39, 0.29) is 18.9 Å². The molecule has 0 aromatic carbocycles. The largest absolute Gasteiger partial charge is 0.481 e. The number of carbonyl (C=O) groups is 2. The van der Waals surface area contributed by atoms with Crippen LogP contribution >= 0.6 is 15.9 Å². The van der Waals surface area contributed by atoms with Crippen molar-refractivity contribution in [1.29, 1.82) is 0 Å². The molecule has 9 heteroatoms. The number of anilines is 1.